The molecule has 2 fully saturated rings. The van der Waals surface area contributed by atoms with E-state index in [4.69, 9.17) is 4.74 Å². The molecular weight excluding hydrogens is 350 g/mol. The van der Waals surface area contributed by atoms with E-state index in [0.29, 0.717) is 6.04 Å². The third kappa shape index (κ3) is 4.47. The first-order valence-electron chi connectivity index (χ1n) is 10.2. The summed E-state index contributed by atoms with van der Waals surface area (Å²) in [4.78, 5) is 16.9. The summed E-state index contributed by atoms with van der Waals surface area (Å²) in [5.41, 5.74) is 2.25. The largest absolute Gasteiger partial charge is 0.497 e. The third-order valence-corrected chi connectivity index (χ3v) is 6.02. The van der Waals surface area contributed by atoms with Crippen LogP contribution in [-0.2, 0) is 6.42 Å². The summed E-state index contributed by atoms with van der Waals surface area (Å²) in [7, 11) is 1.64. The number of hydrogen-bond donors (Lipinski definition) is 1. The molecule has 0 unspecified atom stereocenters. The van der Waals surface area contributed by atoms with Gasteiger partial charge in [0, 0.05) is 24.8 Å². The van der Waals surface area contributed by atoms with Gasteiger partial charge in [0.05, 0.1) is 7.11 Å². The average Bonchev–Trinajstić information content (AvgIpc) is 2.69. The molecule has 5 nitrogen and oxygen atoms in total. The summed E-state index contributed by atoms with van der Waals surface area (Å²) in [6.07, 6.45) is 3.70. The lowest BCUT2D eigenvalue weighted by molar-refractivity contribution is 0.0383. The summed E-state index contributed by atoms with van der Waals surface area (Å²) in [5, 5.41) is 2.97. The number of carbonyl (C=O) groups is 1. The van der Waals surface area contributed by atoms with Crippen LogP contribution in [-0.4, -0.2) is 55.2 Å². The smallest absolute Gasteiger partial charge is 0.321 e. The fourth-order valence-corrected chi connectivity index (χ4v) is 4.20. The Balaban J connectivity index is 1.18. The van der Waals surface area contributed by atoms with Gasteiger partial charge < -0.3 is 15.0 Å². The van der Waals surface area contributed by atoms with E-state index in [1.807, 2.05) is 29.2 Å². The van der Waals surface area contributed by atoms with E-state index in [1.54, 1.807) is 7.11 Å². The Morgan fingerprint density at radius 2 is 1.71 bits per heavy atom. The molecule has 0 spiro atoms. The summed E-state index contributed by atoms with van der Waals surface area (Å²) in [5.74, 6) is 1.57. The van der Waals surface area contributed by atoms with Crippen molar-refractivity contribution in [3.63, 3.8) is 0 Å². The van der Waals surface area contributed by atoms with E-state index in [-0.39, 0.29) is 6.03 Å². The molecule has 2 aliphatic heterocycles. The van der Waals surface area contributed by atoms with E-state index in [2.05, 4.69) is 40.5 Å². The number of anilines is 1. The van der Waals surface area contributed by atoms with Crippen LogP contribution in [0.4, 0.5) is 10.5 Å². The first-order chi connectivity index (χ1) is 13.7. The van der Waals surface area contributed by atoms with E-state index >= 15 is 0 Å². The second kappa shape index (κ2) is 8.65. The van der Waals surface area contributed by atoms with Crippen molar-refractivity contribution in [3.05, 3.63) is 60.2 Å². The minimum absolute atomic E-state index is 0.0135. The zero-order chi connectivity index (χ0) is 19.3. The van der Waals surface area contributed by atoms with Crippen molar-refractivity contribution in [1.82, 2.24) is 9.80 Å². The molecule has 0 aliphatic carbocycles. The zero-order valence-electron chi connectivity index (χ0n) is 16.5. The first kappa shape index (κ1) is 18.8. The van der Waals surface area contributed by atoms with Crippen molar-refractivity contribution >= 4 is 11.7 Å². The number of rotatable bonds is 5. The highest BCUT2D eigenvalue weighted by Crippen LogP contribution is 2.26. The van der Waals surface area contributed by atoms with E-state index < -0.39 is 0 Å². The minimum atomic E-state index is -0.0135. The Hall–Kier alpha value is -2.53. The molecule has 0 saturated carbocycles. The van der Waals surface area contributed by atoms with Gasteiger partial charge in [-0.1, -0.05) is 30.3 Å². The highest BCUT2D eigenvalue weighted by molar-refractivity contribution is 5.90. The quantitative estimate of drug-likeness (QED) is 0.858. The van der Waals surface area contributed by atoms with Crippen molar-refractivity contribution in [2.45, 2.75) is 25.3 Å². The molecule has 28 heavy (non-hydrogen) atoms. The minimum Gasteiger partial charge on any atom is -0.497 e. The van der Waals surface area contributed by atoms with Crippen LogP contribution in [0.3, 0.4) is 0 Å². The molecule has 148 valence electrons. The highest BCUT2D eigenvalue weighted by atomic mass is 16.5. The predicted octanol–water partition coefficient (Wildman–Crippen LogP) is 3.87. The average molecular weight is 380 g/mol. The van der Waals surface area contributed by atoms with Crippen molar-refractivity contribution < 1.29 is 9.53 Å². The van der Waals surface area contributed by atoms with Crippen molar-refractivity contribution in [3.8, 4) is 5.75 Å². The number of amides is 2. The summed E-state index contributed by atoms with van der Waals surface area (Å²) < 4.78 is 5.15. The number of ether oxygens (including phenoxy) is 1. The van der Waals surface area contributed by atoms with Gasteiger partial charge in [-0.15, -0.1) is 0 Å². The topological polar surface area (TPSA) is 44.8 Å². The number of urea groups is 1. The number of nitrogens with one attached hydrogen (secondary N) is 1. The monoisotopic (exact) mass is 379 g/mol. The fraction of sp³-hybridized carbons (Fsp3) is 0.435. The number of likely N-dealkylation sites (tertiary alicyclic amines) is 2. The Bertz CT molecular complexity index is 764. The number of nitrogens with zero attached hydrogens (tertiary/aromatic N) is 2. The lowest BCUT2D eigenvalue weighted by Crippen LogP contribution is -2.63. The van der Waals surface area contributed by atoms with Gasteiger partial charge in [-0.05, 0) is 68.1 Å². The molecule has 2 saturated heterocycles. The summed E-state index contributed by atoms with van der Waals surface area (Å²) in [6.45, 7) is 3.95. The van der Waals surface area contributed by atoms with Crippen LogP contribution in [0.25, 0.3) is 0 Å². The van der Waals surface area contributed by atoms with Crippen LogP contribution < -0.4 is 10.1 Å². The predicted molar refractivity (Wildman–Crippen MR) is 112 cm³/mol. The molecule has 1 N–H and O–H groups in total. The Morgan fingerprint density at radius 1 is 1.04 bits per heavy atom. The van der Waals surface area contributed by atoms with Gasteiger partial charge in [-0.2, -0.15) is 0 Å². The maximum Gasteiger partial charge on any atom is 0.321 e. The molecule has 0 aromatic heterocycles. The number of carbonyl (C=O) groups excluding carboxylic acids is 1. The van der Waals surface area contributed by atoms with Gasteiger partial charge in [0.15, 0.2) is 0 Å². The van der Waals surface area contributed by atoms with Crippen LogP contribution in [0.2, 0.25) is 0 Å². The number of piperidine rings is 1. The first-order valence-corrected chi connectivity index (χ1v) is 10.2. The number of methoxy groups -OCH3 is 1. The SMILES string of the molecule is COc1ccc(NC(=O)N2CC(N3CCC(Cc4ccccc4)CC3)C2)cc1. The van der Waals surface area contributed by atoms with Gasteiger partial charge in [0.1, 0.15) is 5.75 Å². The number of hydrogen-bond acceptors (Lipinski definition) is 3. The van der Waals surface area contributed by atoms with Gasteiger partial charge in [0.2, 0.25) is 0 Å². The maximum absolute atomic E-state index is 12.4. The van der Waals surface area contributed by atoms with Crippen LogP contribution in [0, 0.1) is 5.92 Å². The van der Waals surface area contributed by atoms with Crippen molar-refractivity contribution in [1.29, 1.82) is 0 Å². The molecule has 2 heterocycles. The van der Waals surface area contributed by atoms with Gasteiger partial charge in [-0.3, -0.25) is 4.90 Å². The fourth-order valence-electron chi connectivity index (χ4n) is 4.20. The molecular formula is C23H29N3O2. The molecule has 2 aromatic carbocycles. The molecule has 2 amide bonds. The van der Waals surface area contributed by atoms with E-state index in [1.165, 1.54) is 24.8 Å². The van der Waals surface area contributed by atoms with Crippen molar-refractivity contribution in [2.24, 2.45) is 5.92 Å². The van der Waals surface area contributed by atoms with Gasteiger partial charge in [-0.25, -0.2) is 4.79 Å². The lowest BCUT2D eigenvalue weighted by Gasteiger charge is -2.47. The van der Waals surface area contributed by atoms with E-state index in [0.717, 1.165) is 43.5 Å². The lowest BCUT2D eigenvalue weighted by atomic mass is 9.89. The van der Waals surface area contributed by atoms with Crippen molar-refractivity contribution in [2.75, 3.05) is 38.6 Å². The van der Waals surface area contributed by atoms with Crippen LogP contribution in [0.15, 0.2) is 54.6 Å². The second-order valence-corrected chi connectivity index (χ2v) is 7.89. The highest BCUT2D eigenvalue weighted by Gasteiger charge is 2.36. The Kier molecular flexibility index (Phi) is 5.81. The summed E-state index contributed by atoms with van der Waals surface area (Å²) >= 11 is 0. The normalized spacial score (nSPS) is 18.5. The summed E-state index contributed by atoms with van der Waals surface area (Å²) in [6, 6.07) is 18.8. The van der Waals surface area contributed by atoms with Gasteiger partial charge >= 0.3 is 6.03 Å². The zero-order valence-corrected chi connectivity index (χ0v) is 16.5. The molecule has 2 aromatic rings. The molecule has 5 heteroatoms. The molecule has 0 radical (unpaired) electrons. The number of benzene rings is 2. The van der Waals surface area contributed by atoms with E-state index in [9.17, 15) is 4.79 Å². The second-order valence-electron chi connectivity index (χ2n) is 7.89. The molecule has 0 atom stereocenters. The third-order valence-electron chi connectivity index (χ3n) is 6.02. The molecule has 2 aliphatic rings. The van der Waals surface area contributed by atoms with Gasteiger partial charge in [0.25, 0.3) is 0 Å². The Labute approximate surface area is 167 Å². The standard InChI is InChI=1S/C23H29N3O2/c1-28-22-9-7-20(8-10-22)24-23(27)26-16-21(17-26)25-13-11-19(12-14-25)15-18-5-3-2-4-6-18/h2-10,19,21H,11-17H2,1H3,(H,24,27). The molecule has 0 bridgehead atoms. The molecule has 4 rings (SSSR count). The maximum atomic E-state index is 12.4. The Morgan fingerprint density at radius 3 is 2.36 bits per heavy atom. The van der Waals surface area contributed by atoms with Crippen LogP contribution >= 0.6 is 0 Å². The van der Waals surface area contributed by atoms with Crippen LogP contribution in [0.1, 0.15) is 18.4 Å². The van der Waals surface area contributed by atoms with Crippen LogP contribution in [0.5, 0.6) is 5.75 Å².